The van der Waals surface area contributed by atoms with Crippen molar-refractivity contribution in [1.29, 1.82) is 0 Å². The van der Waals surface area contributed by atoms with Gasteiger partial charge in [-0.2, -0.15) is 0 Å². The number of carbonyl (C=O) groups excluding carboxylic acids is 1. The number of pyridine rings is 1. The normalized spacial score (nSPS) is 24.0. The van der Waals surface area contributed by atoms with Gasteiger partial charge in [0, 0.05) is 47.9 Å². The van der Waals surface area contributed by atoms with E-state index in [1.54, 1.807) is 31.2 Å². The second-order valence-corrected chi connectivity index (χ2v) is 14.7. The lowest BCUT2D eigenvalue weighted by Crippen LogP contribution is -2.64. The summed E-state index contributed by atoms with van der Waals surface area (Å²) in [7, 11) is -3.73. The lowest BCUT2D eigenvalue weighted by atomic mass is 9.76. The summed E-state index contributed by atoms with van der Waals surface area (Å²) in [5, 5.41) is 7.79. The molecule has 14 heteroatoms. The van der Waals surface area contributed by atoms with Crippen molar-refractivity contribution in [3.05, 3.63) is 59.5 Å². The number of nitrogens with one attached hydrogen (secondary N) is 2. The van der Waals surface area contributed by atoms with Gasteiger partial charge in [-0.1, -0.05) is 17.3 Å². The molecule has 3 aromatic rings. The molecule has 1 amide bonds. The highest BCUT2D eigenvalue weighted by Gasteiger charge is 2.51. The molecule has 2 atom stereocenters. The van der Waals surface area contributed by atoms with E-state index in [0.717, 1.165) is 43.5 Å². The van der Waals surface area contributed by atoms with Crippen molar-refractivity contribution < 1.29 is 35.6 Å². The number of hydrogen-bond acceptors (Lipinski definition) is 9. The summed E-state index contributed by atoms with van der Waals surface area (Å²) in [6, 6.07) is 9.96. The number of rotatable bonds is 10. The lowest BCUT2D eigenvalue weighted by Gasteiger charge is -2.56. The van der Waals surface area contributed by atoms with E-state index in [9.17, 15) is 26.4 Å². The standard InChI is InChI=1S/C30H32F3N5O5S/c1-29(10-11-29)44(40,41)37-28(39)18-8-9-25(35-15-18)38-20-12-19(13-21(38)14-20)34-16-23-26(36-43-27(23)17-6-7-17)22-4-2-3-5-24(22)42-30(31,32)33/h2-5,8-9,15,17,19-21,34H,6-7,10-14,16H2,1H3,(H,37,39). The molecule has 2 aliphatic heterocycles. The molecular weight excluding hydrogens is 599 g/mol. The SMILES string of the molecule is CC1(S(=O)(=O)NC(=O)c2ccc(N3C4CC(NCc5c(-c6ccccc6OC(F)(F)F)noc5C5CC5)CC3C4)nc2)CC1. The molecule has 2 unspecified atom stereocenters. The molecule has 5 fully saturated rings. The largest absolute Gasteiger partial charge is 0.573 e. The van der Waals surface area contributed by atoms with Crippen molar-refractivity contribution in [1.82, 2.24) is 20.2 Å². The Bertz CT molecular complexity index is 1670. The van der Waals surface area contributed by atoms with Crippen LogP contribution in [0.3, 0.4) is 0 Å². The number of amides is 1. The predicted molar refractivity (Wildman–Crippen MR) is 153 cm³/mol. The van der Waals surface area contributed by atoms with Gasteiger partial charge in [-0.3, -0.25) is 4.79 Å². The number of alkyl halides is 3. The van der Waals surface area contributed by atoms with Crippen LogP contribution in [0.1, 0.15) is 79.5 Å². The van der Waals surface area contributed by atoms with Crippen molar-refractivity contribution in [2.75, 3.05) is 4.90 Å². The molecule has 3 saturated carbocycles. The fourth-order valence-electron chi connectivity index (χ4n) is 6.33. The molecule has 2 aromatic heterocycles. The van der Waals surface area contributed by atoms with Gasteiger partial charge in [0.25, 0.3) is 5.91 Å². The highest BCUT2D eigenvalue weighted by atomic mass is 32.2. The van der Waals surface area contributed by atoms with Crippen LogP contribution in [0.2, 0.25) is 0 Å². The summed E-state index contributed by atoms with van der Waals surface area (Å²) in [6.45, 7) is 2.03. The van der Waals surface area contributed by atoms with E-state index in [-0.39, 0.29) is 40.9 Å². The summed E-state index contributed by atoms with van der Waals surface area (Å²) in [5.74, 6) is 0.658. The molecule has 1 aromatic carbocycles. The average Bonchev–Trinajstić information content (AvgIpc) is 3.91. The van der Waals surface area contributed by atoms with Crippen LogP contribution in [0.15, 0.2) is 47.1 Å². The van der Waals surface area contributed by atoms with Crippen LogP contribution in [0.4, 0.5) is 19.0 Å². The Morgan fingerprint density at radius 1 is 1.11 bits per heavy atom. The van der Waals surface area contributed by atoms with E-state index in [1.807, 2.05) is 0 Å². The lowest BCUT2D eigenvalue weighted by molar-refractivity contribution is -0.274. The Balaban J connectivity index is 1.00. The first-order chi connectivity index (χ1) is 20.9. The van der Waals surface area contributed by atoms with Crippen LogP contribution in [-0.4, -0.2) is 53.7 Å². The maximum absolute atomic E-state index is 13.1. The summed E-state index contributed by atoms with van der Waals surface area (Å²) in [6.07, 6.45) is 2.23. The molecule has 4 heterocycles. The first kappa shape index (κ1) is 29.1. The number of nitrogens with zero attached hydrogens (tertiary/aromatic N) is 3. The van der Waals surface area contributed by atoms with Gasteiger partial charge in [0.05, 0.1) is 10.3 Å². The first-order valence-corrected chi connectivity index (χ1v) is 16.3. The van der Waals surface area contributed by atoms with Gasteiger partial charge in [-0.05, 0) is 76.1 Å². The van der Waals surface area contributed by atoms with Crippen LogP contribution in [0.5, 0.6) is 5.75 Å². The zero-order valence-electron chi connectivity index (χ0n) is 23.9. The second kappa shape index (κ2) is 10.5. The number of aromatic nitrogens is 2. The number of benzene rings is 1. The number of sulfonamides is 1. The number of halogens is 3. The molecule has 234 valence electrons. The monoisotopic (exact) mass is 631 g/mol. The van der Waals surface area contributed by atoms with Gasteiger partial charge in [-0.25, -0.2) is 18.1 Å². The zero-order chi connectivity index (χ0) is 30.9. The van der Waals surface area contributed by atoms with Crippen molar-refractivity contribution in [2.45, 2.75) is 93.6 Å². The summed E-state index contributed by atoms with van der Waals surface area (Å²) in [4.78, 5) is 19.3. The molecule has 2 N–H and O–H groups in total. The summed E-state index contributed by atoms with van der Waals surface area (Å²) < 4.78 is 75.4. The Labute approximate surface area is 252 Å². The van der Waals surface area contributed by atoms with Gasteiger partial charge in [0.1, 0.15) is 23.0 Å². The van der Waals surface area contributed by atoms with E-state index in [2.05, 4.69) is 29.8 Å². The van der Waals surface area contributed by atoms with E-state index < -0.39 is 27.0 Å². The van der Waals surface area contributed by atoms with Gasteiger partial charge < -0.3 is 19.5 Å². The molecular formula is C30H32F3N5O5S. The molecule has 0 spiro atoms. The van der Waals surface area contributed by atoms with E-state index in [0.29, 0.717) is 30.8 Å². The van der Waals surface area contributed by atoms with Crippen LogP contribution in [0, 0.1) is 0 Å². The topological polar surface area (TPSA) is 127 Å². The van der Waals surface area contributed by atoms with Gasteiger partial charge in [0.15, 0.2) is 0 Å². The number of hydrogen-bond donors (Lipinski definition) is 2. The van der Waals surface area contributed by atoms with Crippen molar-refractivity contribution in [3.8, 4) is 17.0 Å². The molecule has 0 radical (unpaired) electrons. The highest BCUT2D eigenvalue weighted by molar-refractivity contribution is 7.91. The molecule has 5 aliphatic rings. The van der Waals surface area contributed by atoms with E-state index >= 15 is 0 Å². The molecule has 2 bridgehead atoms. The minimum absolute atomic E-state index is 0.172. The molecule has 44 heavy (non-hydrogen) atoms. The molecule has 10 nitrogen and oxygen atoms in total. The van der Waals surface area contributed by atoms with Crippen LogP contribution < -0.4 is 19.7 Å². The van der Waals surface area contributed by atoms with Crippen molar-refractivity contribution >= 4 is 21.7 Å². The highest BCUT2D eigenvalue weighted by Crippen LogP contribution is 2.46. The third-order valence-electron chi connectivity index (χ3n) is 9.25. The van der Waals surface area contributed by atoms with Crippen LogP contribution in [0.25, 0.3) is 11.3 Å². The molecule has 3 aliphatic carbocycles. The van der Waals surface area contributed by atoms with Crippen molar-refractivity contribution in [2.24, 2.45) is 0 Å². The van der Waals surface area contributed by atoms with Gasteiger partial charge >= 0.3 is 6.36 Å². The van der Waals surface area contributed by atoms with Crippen LogP contribution >= 0.6 is 0 Å². The third-order valence-corrected chi connectivity index (χ3v) is 11.4. The maximum Gasteiger partial charge on any atom is 0.573 e. The number of carbonyl (C=O) groups is 1. The number of ether oxygens (including phenoxy) is 1. The average molecular weight is 632 g/mol. The molecule has 8 rings (SSSR count). The van der Waals surface area contributed by atoms with Crippen molar-refractivity contribution in [3.63, 3.8) is 0 Å². The number of piperidine rings is 1. The first-order valence-electron chi connectivity index (χ1n) is 14.8. The molecule has 2 saturated heterocycles. The third kappa shape index (κ3) is 5.53. The Kier molecular flexibility index (Phi) is 6.92. The smallest absolute Gasteiger partial charge is 0.405 e. The Hall–Kier alpha value is -3.65. The Morgan fingerprint density at radius 3 is 2.48 bits per heavy atom. The number of anilines is 1. The minimum Gasteiger partial charge on any atom is -0.405 e. The fraction of sp³-hybridized carbons (Fsp3) is 0.500. The van der Waals surface area contributed by atoms with E-state index in [4.69, 9.17) is 4.52 Å². The quantitative estimate of drug-likeness (QED) is 0.317. The zero-order valence-corrected chi connectivity index (χ0v) is 24.7. The second-order valence-electron chi connectivity index (χ2n) is 12.5. The number of para-hydroxylation sites is 1. The van der Waals surface area contributed by atoms with E-state index in [1.165, 1.54) is 18.3 Å². The van der Waals surface area contributed by atoms with Gasteiger partial charge in [0.2, 0.25) is 10.0 Å². The number of fused-ring (bicyclic) bond motifs is 2. The van der Waals surface area contributed by atoms with Crippen LogP contribution in [-0.2, 0) is 16.6 Å². The predicted octanol–water partition coefficient (Wildman–Crippen LogP) is 5.02. The summed E-state index contributed by atoms with van der Waals surface area (Å²) in [5.41, 5.74) is 1.53. The minimum atomic E-state index is -4.83. The van der Waals surface area contributed by atoms with Gasteiger partial charge in [-0.15, -0.1) is 13.2 Å². The summed E-state index contributed by atoms with van der Waals surface area (Å²) >= 11 is 0. The maximum atomic E-state index is 13.1. The fourth-order valence-corrected chi connectivity index (χ4v) is 7.58. The Morgan fingerprint density at radius 2 is 1.84 bits per heavy atom.